The van der Waals surface area contributed by atoms with Crippen molar-refractivity contribution in [2.24, 2.45) is 11.1 Å². The SMILES string of the molecule is COC(=O)C(CCC(N)=O)NC(=O)c1ccc(NCC#Cc2sc3c(NC4CCC(N5CC6(COC6)C5)CC4)cccc3c2CC(F)(F)F)c(OCC#N)c1. The molecule has 2 aliphatic heterocycles. The molecule has 1 spiro atoms. The minimum absolute atomic E-state index is 0.00516. The van der Waals surface area contributed by atoms with Crippen LogP contribution in [0.5, 0.6) is 5.75 Å². The van der Waals surface area contributed by atoms with E-state index >= 15 is 0 Å². The van der Waals surface area contributed by atoms with Crippen LogP contribution in [0, 0.1) is 28.6 Å². The number of nitrogens with two attached hydrogens (primary N) is 1. The van der Waals surface area contributed by atoms with Crippen molar-refractivity contribution in [3.05, 3.63) is 52.4 Å². The van der Waals surface area contributed by atoms with Crippen LogP contribution in [0.25, 0.3) is 10.1 Å². The second-order valence-corrected chi connectivity index (χ2v) is 15.3. The van der Waals surface area contributed by atoms with Crippen LogP contribution in [-0.2, 0) is 25.5 Å². The molecule has 2 aromatic carbocycles. The number of anilines is 2. The molecule has 3 aliphatic rings. The van der Waals surface area contributed by atoms with Crippen LogP contribution in [0.2, 0.25) is 0 Å². The summed E-state index contributed by atoms with van der Waals surface area (Å²) >= 11 is 1.24. The van der Waals surface area contributed by atoms with Crippen molar-refractivity contribution in [1.82, 2.24) is 10.2 Å². The fourth-order valence-electron chi connectivity index (χ4n) is 7.44. The number of carbonyl (C=O) groups is 3. The molecule has 1 aliphatic carbocycles. The molecule has 292 valence electrons. The highest BCUT2D eigenvalue weighted by molar-refractivity contribution is 7.20. The number of benzene rings is 2. The second-order valence-electron chi connectivity index (χ2n) is 14.3. The lowest BCUT2D eigenvalue weighted by Gasteiger charge is -2.58. The quantitative estimate of drug-likeness (QED) is 0.130. The molecule has 1 unspecified atom stereocenters. The number of hydrogen-bond donors (Lipinski definition) is 4. The largest absolute Gasteiger partial charge is 0.477 e. The Bertz CT molecular complexity index is 2000. The van der Waals surface area contributed by atoms with Gasteiger partial charge in [-0.25, -0.2) is 4.79 Å². The molecule has 16 heteroatoms. The number of rotatable bonds is 14. The Morgan fingerprint density at radius 1 is 1.13 bits per heavy atom. The van der Waals surface area contributed by atoms with Gasteiger partial charge in [-0.2, -0.15) is 18.4 Å². The molecule has 1 saturated carbocycles. The summed E-state index contributed by atoms with van der Waals surface area (Å²) in [6, 6.07) is 11.3. The normalized spacial score (nSPS) is 19.5. The van der Waals surface area contributed by atoms with E-state index in [0.717, 1.165) is 69.5 Å². The third-order valence-corrected chi connectivity index (χ3v) is 11.4. The number of ether oxygens (including phenoxy) is 3. The first-order chi connectivity index (χ1) is 26.4. The number of amides is 2. The van der Waals surface area contributed by atoms with E-state index in [9.17, 15) is 27.6 Å². The van der Waals surface area contributed by atoms with Gasteiger partial charge in [0, 0.05) is 42.6 Å². The van der Waals surface area contributed by atoms with Gasteiger partial charge in [0.2, 0.25) is 5.91 Å². The number of likely N-dealkylation sites (tertiary alicyclic amines) is 1. The Balaban J connectivity index is 1.14. The molecule has 2 saturated heterocycles. The number of primary amides is 1. The Morgan fingerprint density at radius 3 is 2.55 bits per heavy atom. The van der Waals surface area contributed by atoms with E-state index in [1.54, 1.807) is 12.1 Å². The second kappa shape index (κ2) is 17.2. The van der Waals surface area contributed by atoms with Crippen LogP contribution >= 0.6 is 11.3 Å². The molecule has 0 bridgehead atoms. The highest BCUT2D eigenvalue weighted by Crippen LogP contribution is 2.43. The van der Waals surface area contributed by atoms with E-state index in [1.165, 1.54) is 29.5 Å². The van der Waals surface area contributed by atoms with Crippen molar-refractivity contribution >= 4 is 50.6 Å². The number of alkyl halides is 3. The number of nitriles is 1. The number of hydrogen-bond acceptors (Lipinski definition) is 11. The van der Waals surface area contributed by atoms with Gasteiger partial charge in [0.15, 0.2) is 6.61 Å². The third-order valence-electron chi connectivity index (χ3n) is 10.2. The molecule has 3 aromatic rings. The summed E-state index contributed by atoms with van der Waals surface area (Å²) in [6.07, 6.45) is -1.66. The van der Waals surface area contributed by atoms with E-state index < -0.39 is 36.4 Å². The van der Waals surface area contributed by atoms with Crippen LogP contribution in [0.15, 0.2) is 36.4 Å². The maximum absolute atomic E-state index is 13.9. The van der Waals surface area contributed by atoms with Gasteiger partial charge in [0.05, 0.1) is 54.2 Å². The number of thiophene rings is 1. The van der Waals surface area contributed by atoms with Gasteiger partial charge in [0.25, 0.3) is 5.91 Å². The van der Waals surface area contributed by atoms with Crippen LogP contribution in [-0.4, -0.2) is 93.6 Å². The number of carbonyl (C=O) groups excluding carboxylic acids is 3. The molecular formula is C39H43F3N6O6S. The van der Waals surface area contributed by atoms with Gasteiger partial charge in [0.1, 0.15) is 17.9 Å². The van der Waals surface area contributed by atoms with Gasteiger partial charge in [-0.1, -0.05) is 24.0 Å². The summed E-state index contributed by atoms with van der Waals surface area (Å²) in [4.78, 5) is 39.3. The smallest absolute Gasteiger partial charge is 0.393 e. The average Bonchev–Trinajstić information content (AvgIpc) is 3.46. The average molecular weight is 781 g/mol. The molecule has 1 atom stereocenters. The van der Waals surface area contributed by atoms with Crippen LogP contribution in [0.3, 0.4) is 0 Å². The summed E-state index contributed by atoms with van der Waals surface area (Å²) in [5, 5.41) is 18.8. The lowest BCUT2D eigenvalue weighted by atomic mass is 9.75. The zero-order valence-electron chi connectivity index (χ0n) is 30.4. The van der Waals surface area contributed by atoms with Gasteiger partial charge >= 0.3 is 12.1 Å². The minimum atomic E-state index is -4.44. The third kappa shape index (κ3) is 9.80. The number of nitrogens with one attached hydrogen (secondary N) is 3. The van der Waals surface area contributed by atoms with E-state index in [2.05, 4.69) is 32.7 Å². The predicted molar refractivity (Wildman–Crippen MR) is 201 cm³/mol. The zero-order chi connectivity index (χ0) is 39.2. The summed E-state index contributed by atoms with van der Waals surface area (Å²) in [5.41, 5.74) is 6.97. The number of nitrogens with zero attached hydrogens (tertiary/aromatic N) is 2. The first-order valence-electron chi connectivity index (χ1n) is 18.1. The van der Waals surface area contributed by atoms with Crippen LogP contribution in [0.4, 0.5) is 24.5 Å². The Kier molecular flexibility index (Phi) is 12.4. The lowest BCUT2D eigenvalue weighted by Crippen LogP contribution is -2.68. The van der Waals surface area contributed by atoms with Crippen molar-refractivity contribution in [1.29, 1.82) is 5.26 Å². The molecule has 1 aromatic heterocycles. The van der Waals surface area contributed by atoms with Crippen LogP contribution < -0.4 is 26.4 Å². The maximum atomic E-state index is 13.9. The zero-order valence-corrected chi connectivity index (χ0v) is 31.2. The molecule has 3 heterocycles. The topological polar surface area (TPSA) is 168 Å². The van der Waals surface area contributed by atoms with Crippen molar-refractivity contribution in [3.8, 4) is 23.7 Å². The molecule has 6 rings (SSSR count). The minimum Gasteiger partial charge on any atom is -0.477 e. The van der Waals surface area contributed by atoms with Crippen molar-refractivity contribution in [2.45, 2.75) is 69.2 Å². The lowest BCUT2D eigenvalue weighted by molar-refractivity contribution is -0.200. The summed E-state index contributed by atoms with van der Waals surface area (Å²) in [6.45, 7) is 3.60. The van der Waals surface area contributed by atoms with Gasteiger partial charge in [-0.3, -0.25) is 14.5 Å². The first kappa shape index (κ1) is 39.7. The fraction of sp³-hybridized carbons (Fsp3) is 0.487. The Morgan fingerprint density at radius 2 is 1.89 bits per heavy atom. The highest BCUT2D eigenvalue weighted by Gasteiger charge is 2.50. The van der Waals surface area contributed by atoms with E-state index in [-0.39, 0.29) is 48.9 Å². The van der Waals surface area contributed by atoms with E-state index in [1.807, 2.05) is 12.1 Å². The van der Waals surface area contributed by atoms with E-state index in [0.29, 0.717) is 27.4 Å². The predicted octanol–water partition coefficient (Wildman–Crippen LogP) is 4.96. The summed E-state index contributed by atoms with van der Waals surface area (Å²) < 4.78 is 58.0. The van der Waals surface area contributed by atoms with Crippen LogP contribution in [0.1, 0.15) is 59.3 Å². The molecule has 2 amide bonds. The highest BCUT2D eigenvalue weighted by atomic mass is 32.1. The number of esters is 1. The van der Waals surface area contributed by atoms with Crippen molar-refractivity contribution < 1.29 is 41.8 Å². The molecule has 3 fully saturated rings. The molecule has 0 radical (unpaired) electrons. The Hall–Kier alpha value is -5.03. The maximum Gasteiger partial charge on any atom is 0.393 e. The first-order valence-corrected chi connectivity index (χ1v) is 18.9. The number of methoxy groups -OCH3 is 1. The molecule has 55 heavy (non-hydrogen) atoms. The fourth-order valence-corrected chi connectivity index (χ4v) is 8.61. The molecule has 5 N–H and O–H groups in total. The summed E-state index contributed by atoms with van der Waals surface area (Å²) in [7, 11) is 1.15. The molecular weight excluding hydrogens is 738 g/mol. The molecule has 12 nitrogen and oxygen atoms in total. The standard InChI is InChI=1S/C39H43F3N6O6S/c1-52-37(51)31(13-14-34(44)49)47-36(50)24-7-12-29(32(18-24)54-17-15-43)45-16-3-6-33-28(19-39(40,41)42)27-4-2-5-30(35(27)55-33)46-25-8-10-26(11-9-25)48-20-38(21-48)22-53-23-38/h2,4-5,7,12,18,25-26,31,45-46H,8-11,13-14,16-17,19-23H2,1H3,(H2,44,49)(H,47,50). The van der Waals surface area contributed by atoms with Crippen molar-refractivity contribution in [2.75, 3.05) is 57.2 Å². The van der Waals surface area contributed by atoms with Gasteiger partial charge in [-0.05, 0) is 67.3 Å². The number of halogens is 3. The summed E-state index contributed by atoms with van der Waals surface area (Å²) in [5.74, 6) is 3.94. The number of fused-ring (bicyclic) bond motifs is 1. The monoisotopic (exact) mass is 780 g/mol. The van der Waals surface area contributed by atoms with Gasteiger partial charge in [-0.15, -0.1) is 11.3 Å². The van der Waals surface area contributed by atoms with Gasteiger partial charge < -0.3 is 35.9 Å². The van der Waals surface area contributed by atoms with Crippen molar-refractivity contribution in [3.63, 3.8) is 0 Å². The van der Waals surface area contributed by atoms with E-state index in [4.69, 9.17) is 25.2 Å². The Labute approximate surface area is 320 Å².